The lowest BCUT2D eigenvalue weighted by molar-refractivity contribution is -0.120. The first-order chi connectivity index (χ1) is 13.3. The molecule has 0 aromatic carbocycles. The highest BCUT2D eigenvalue weighted by Crippen LogP contribution is 2.36. The second-order valence-electron chi connectivity index (χ2n) is 7.02. The van der Waals surface area contributed by atoms with Crippen LogP contribution in [-0.2, 0) is 11.2 Å². The zero-order chi connectivity index (χ0) is 18.5. The number of hydrogen-bond donors (Lipinski definition) is 1. The second kappa shape index (κ2) is 8.43. The van der Waals surface area contributed by atoms with Gasteiger partial charge in [-0.05, 0) is 54.7 Å². The minimum absolute atomic E-state index is 0.0578. The number of amides is 1. The van der Waals surface area contributed by atoms with Gasteiger partial charge in [-0.3, -0.25) is 9.78 Å². The average Bonchev–Trinajstić information content (AvgIpc) is 3.39. The standard InChI is InChI=1S/C20H22N4O2S/c25-18(10-15-2-1-8-21-11-15)22-12-14-3-5-16(6-4-14)19-23-24-20(26-19)17-7-9-27-13-17/h1-2,7-9,11,13-14,16H,3-6,10,12H2,(H,22,25). The van der Waals surface area contributed by atoms with Crippen LogP contribution in [0, 0.1) is 5.92 Å². The summed E-state index contributed by atoms with van der Waals surface area (Å²) >= 11 is 1.62. The van der Waals surface area contributed by atoms with Gasteiger partial charge in [-0.2, -0.15) is 11.3 Å². The number of aromatic nitrogens is 3. The summed E-state index contributed by atoms with van der Waals surface area (Å²) in [5.41, 5.74) is 1.93. The van der Waals surface area contributed by atoms with Crippen molar-refractivity contribution in [3.8, 4) is 11.5 Å². The van der Waals surface area contributed by atoms with Crippen LogP contribution in [0.25, 0.3) is 11.5 Å². The SMILES string of the molecule is O=C(Cc1cccnc1)NCC1CCC(c2nnc(-c3ccsc3)o2)CC1. The highest BCUT2D eigenvalue weighted by Gasteiger charge is 2.26. The molecule has 140 valence electrons. The molecule has 0 aliphatic heterocycles. The zero-order valence-corrected chi connectivity index (χ0v) is 15.8. The van der Waals surface area contributed by atoms with E-state index in [9.17, 15) is 4.79 Å². The van der Waals surface area contributed by atoms with Crippen molar-refractivity contribution in [2.45, 2.75) is 38.0 Å². The molecule has 1 saturated carbocycles. The van der Waals surface area contributed by atoms with Crippen LogP contribution in [-0.4, -0.2) is 27.6 Å². The number of nitrogens with one attached hydrogen (secondary N) is 1. The van der Waals surface area contributed by atoms with Gasteiger partial charge in [0.2, 0.25) is 17.7 Å². The maximum atomic E-state index is 12.1. The zero-order valence-electron chi connectivity index (χ0n) is 15.0. The molecule has 6 nitrogen and oxygen atoms in total. The van der Waals surface area contributed by atoms with Crippen molar-refractivity contribution in [2.24, 2.45) is 5.92 Å². The Morgan fingerprint density at radius 2 is 2.11 bits per heavy atom. The van der Waals surface area contributed by atoms with Gasteiger partial charge in [0.15, 0.2) is 0 Å². The Morgan fingerprint density at radius 1 is 1.22 bits per heavy atom. The lowest BCUT2D eigenvalue weighted by atomic mass is 9.82. The normalized spacial score (nSPS) is 19.7. The molecule has 0 bridgehead atoms. The van der Waals surface area contributed by atoms with Crippen LogP contribution in [0.2, 0.25) is 0 Å². The summed E-state index contributed by atoms with van der Waals surface area (Å²) in [5, 5.41) is 15.5. The summed E-state index contributed by atoms with van der Waals surface area (Å²) in [4.78, 5) is 16.1. The van der Waals surface area contributed by atoms with Crippen LogP contribution in [0.15, 0.2) is 45.8 Å². The Labute approximate surface area is 162 Å². The number of carbonyl (C=O) groups is 1. The first-order valence-corrected chi connectivity index (χ1v) is 10.2. The number of nitrogens with zero attached hydrogens (tertiary/aromatic N) is 3. The van der Waals surface area contributed by atoms with Crippen LogP contribution in [0.5, 0.6) is 0 Å². The minimum atomic E-state index is 0.0578. The molecule has 3 aromatic rings. The molecule has 1 aliphatic rings. The third-order valence-electron chi connectivity index (χ3n) is 5.08. The van der Waals surface area contributed by atoms with E-state index in [1.165, 1.54) is 0 Å². The molecule has 0 atom stereocenters. The van der Waals surface area contributed by atoms with Gasteiger partial charge in [-0.1, -0.05) is 6.07 Å². The number of carbonyl (C=O) groups excluding carboxylic acids is 1. The van der Waals surface area contributed by atoms with Crippen molar-refractivity contribution in [2.75, 3.05) is 6.54 Å². The van der Waals surface area contributed by atoms with E-state index in [-0.39, 0.29) is 5.91 Å². The van der Waals surface area contributed by atoms with Crippen LogP contribution in [0.4, 0.5) is 0 Å². The third-order valence-corrected chi connectivity index (χ3v) is 5.76. The Kier molecular flexibility index (Phi) is 5.58. The van der Waals surface area contributed by atoms with Gasteiger partial charge in [0.05, 0.1) is 6.42 Å². The van der Waals surface area contributed by atoms with Crippen molar-refractivity contribution in [3.63, 3.8) is 0 Å². The van der Waals surface area contributed by atoms with Crippen molar-refractivity contribution in [3.05, 3.63) is 52.8 Å². The molecule has 27 heavy (non-hydrogen) atoms. The Hall–Kier alpha value is -2.54. The van der Waals surface area contributed by atoms with E-state index in [4.69, 9.17) is 4.42 Å². The number of rotatable bonds is 6. The largest absolute Gasteiger partial charge is 0.420 e. The first kappa shape index (κ1) is 17.9. The van der Waals surface area contributed by atoms with Crippen LogP contribution >= 0.6 is 11.3 Å². The van der Waals surface area contributed by atoms with E-state index in [1.807, 2.05) is 29.0 Å². The third kappa shape index (κ3) is 4.60. The van der Waals surface area contributed by atoms with E-state index < -0.39 is 0 Å². The molecule has 7 heteroatoms. The molecule has 3 heterocycles. The van der Waals surface area contributed by atoms with Crippen LogP contribution in [0.3, 0.4) is 0 Å². The summed E-state index contributed by atoms with van der Waals surface area (Å²) in [6.45, 7) is 0.732. The average molecular weight is 382 g/mol. The number of hydrogen-bond acceptors (Lipinski definition) is 6. The molecule has 1 N–H and O–H groups in total. The van der Waals surface area contributed by atoms with Gasteiger partial charge in [-0.25, -0.2) is 0 Å². The molecule has 0 unspecified atom stereocenters. The van der Waals surface area contributed by atoms with E-state index in [1.54, 1.807) is 23.7 Å². The van der Waals surface area contributed by atoms with Crippen molar-refractivity contribution in [1.29, 1.82) is 0 Å². The quantitative estimate of drug-likeness (QED) is 0.701. The topological polar surface area (TPSA) is 80.9 Å². The van der Waals surface area contributed by atoms with Crippen LogP contribution < -0.4 is 5.32 Å². The van der Waals surface area contributed by atoms with Crippen molar-refractivity contribution in [1.82, 2.24) is 20.5 Å². The highest BCUT2D eigenvalue weighted by atomic mass is 32.1. The fourth-order valence-electron chi connectivity index (χ4n) is 3.52. The lowest BCUT2D eigenvalue weighted by Crippen LogP contribution is -2.32. The maximum Gasteiger partial charge on any atom is 0.248 e. The molecule has 4 rings (SSSR count). The molecule has 0 spiro atoms. The molecule has 1 amide bonds. The monoisotopic (exact) mass is 382 g/mol. The minimum Gasteiger partial charge on any atom is -0.420 e. The number of thiophene rings is 1. The molecule has 1 fully saturated rings. The molecule has 0 saturated heterocycles. The van der Waals surface area contributed by atoms with Crippen molar-refractivity contribution < 1.29 is 9.21 Å². The summed E-state index contributed by atoms with van der Waals surface area (Å²) in [6.07, 6.45) is 8.01. The van der Waals surface area contributed by atoms with E-state index in [0.29, 0.717) is 24.1 Å². The van der Waals surface area contributed by atoms with E-state index in [2.05, 4.69) is 20.5 Å². The van der Waals surface area contributed by atoms with Crippen LogP contribution in [0.1, 0.15) is 43.1 Å². The van der Waals surface area contributed by atoms with Gasteiger partial charge in [0, 0.05) is 35.8 Å². The highest BCUT2D eigenvalue weighted by molar-refractivity contribution is 7.08. The fraction of sp³-hybridized carbons (Fsp3) is 0.400. The molecule has 1 aliphatic carbocycles. The molecule has 0 radical (unpaired) electrons. The maximum absolute atomic E-state index is 12.1. The Bertz CT molecular complexity index is 855. The van der Waals surface area contributed by atoms with Gasteiger partial charge >= 0.3 is 0 Å². The number of pyridine rings is 1. The van der Waals surface area contributed by atoms with Gasteiger partial charge in [0.1, 0.15) is 0 Å². The van der Waals surface area contributed by atoms with Gasteiger partial charge in [-0.15, -0.1) is 10.2 Å². The Balaban J connectivity index is 1.23. The van der Waals surface area contributed by atoms with Crippen molar-refractivity contribution >= 4 is 17.2 Å². The fourth-order valence-corrected chi connectivity index (χ4v) is 4.15. The molecule has 3 aromatic heterocycles. The molecular weight excluding hydrogens is 360 g/mol. The van der Waals surface area contributed by atoms with E-state index >= 15 is 0 Å². The first-order valence-electron chi connectivity index (χ1n) is 9.29. The second-order valence-corrected chi connectivity index (χ2v) is 7.80. The summed E-state index contributed by atoms with van der Waals surface area (Å²) in [5.74, 6) is 2.25. The smallest absolute Gasteiger partial charge is 0.248 e. The predicted octanol–water partition coefficient (Wildman–Crippen LogP) is 3.83. The lowest BCUT2D eigenvalue weighted by Gasteiger charge is -2.26. The van der Waals surface area contributed by atoms with E-state index in [0.717, 1.165) is 49.2 Å². The van der Waals surface area contributed by atoms with Gasteiger partial charge < -0.3 is 9.73 Å². The summed E-state index contributed by atoms with van der Waals surface area (Å²) in [6, 6.07) is 5.77. The van der Waals surface area contributed by atoms with Gasteiger partial charge in [0.25, 0.3) is 0 Å². The predicted molar refractivity (Wildman–Crippen MR) is 103 cm³/mol. The molecular formula is C20H22N4O2S. The summed E-state index contributed by atoms with van der Waals surface area (Å²) in [7, 11) is 0. The Morgan fingerprint density at radius 3 is 2.85 bits per heavy atom. The summed E-state index contributed by atoms with van der Waals surface area (Å²) < 4.78 is 5.88.